The average molecular weight is 713 g/mol. The monoisotopic (exact) mass is 712 g/mol. The molecule has 274 valence electrons. The van der Waals surface area contributed by atoms with E-state index in [-0.39, 0.29) is 47.0 Å². The van der Waals surface area contributed by atoms with Crippen LogP contribution in [0.1, 0.15) is 71.7 Å². The largest absolute Gasteiger partial charge is 0.422 e. The fourth-order valence-electron chi connectivity index (χ4n) is 9.16. The Morgan fingerprint density at radius 1 is 0.750 bits per heavy atom. The second kappa shape index (κ2) is 13.3. The molecule has 0 aromatic carbocycles. The van der Waals surface area contributed by atoms with Crippen LogP contribution < -0.4 is 20.5 Å². The molecule has 0 spiro atoms. The number of ether oxygens (including phenoxy) is 2. The van der Waals surface area contributed by atoms with Gasteiger partial charge in [-0.15, -0.1) is 0 Å². The van der Waals surface area contributed by atoms with Crippen LogP contribution in [0.15, 0.2) is 55.1 Å². The van der Waals surface area contributed by atoms with E-state index in [4.69, 9.17) is 15.2 Å². The number of aliphatic hydroxyl groups excluding tert-OH is 2. The first-order chi connectivity index (χ1) is 25.0. The van der Waals surface area contributed by atoms with Gasteiger partial charge >= 0.3 is 11.9 Å². The second-order valence-electron chi connectivity index (χ2n) is 14.9. The Morgan fingerprint density at radius 2 is 1.35 bits per heavy atom. The molecular formula is C38H44N6O8. The van der Waals surface area contributed by atoms with Gasteiger partial charge in [0.2, 0.25) is 5.91 Å². The molecule has 10 heterocycles. The molecule has 5 N–H and O–H groups in total. The molecule has 4 aromatic heterocycles. The summed E-state index contributed by atoms with van der Waals surface area (Å²) in [5.74, 6) is -2.22. The maximum absolute atomic E-state index is 13.4. The number of hydrogen-bond donors (Lipinski definition) is 4. The van der Waals surface area contributed by atoms with Gasteiger partial charge in [0, 0.05) is 54.4 Å². The summed E-state index contributed by atoms with van der Waals surface area (Å²) in [6.07, 6.45) is 6.21. The number of carbonyl (C=O) groups excluding carboxylic acids is 4. The smallest absolute Gasteiger partial charge is 0.343 e. The van der Waals surface area contributed by atoms with Crippen molar-refractivity contribution < 1.29 is 38.9 Å². The summed E-state index contributed by atoms with van der Waals surface area (Å²) in [6, 6.07) is 8.40. The average Bonchev–Trinajstić information content (AvgIpc) is 3.72. The number of nitrogens with zero attached hydrogens (tertiary/aromatic N) is 4. The van der Waals surface area contributed by atoms with Crippen molar-refractivity contribution in [3.63, 3.8) is 0 Å². The van der Waals surface area contributed by atoms with Crippen LogP contribution in [-0.2, 0) is 9.59 Å². The van der Waals surface area contributed by atoms with Crippen LogP contribution in [0.2, 0.25) is 0 Å². The minimum Gasteiger partial charge on any atom is -0.422 e. The van der Waals surface area contributed by atoms with Crippen molar-refractivity contribution in [1.29, 1.82) is 0 Å². The Balaban J connectivity index is 0.968. The van der Waals surface area contributed by atoms with Crippen LogP contribution in [0.5, 0.6) is 11.5 Å². The van der Waals surface area contributed by atoms with Gasteiger partial charge in [0.05, 0.1) is 22.2 Å². The summed E-state index contributed by atoms with van der Waals surface area (Å²) >= 11 is 0. The number of esters is 2. The molecule has 0 radical (unpaired) electrons. The lowest BCUT2D eigenvalue weighted by Gasteiger charge is -2.50. The zero-order valence-electron chi connectivity index (χ0n) is 29.2. The van der Waals surface area contributed by atoms with Gasteiger partial charge in [-0.1, -0.05) is 0 Å². The maximum atomic E-state index is 13.4. The lowest BCUT2D eigenvalue weighted by molar-refractivity contribution is -0.162. The summed E-state index contributed by atoms with van der Waals surface area (Å²) in [5.41, 5.74) is 7.87. The van der Waals surface area contributed by atoms with Gasteiger partial charge < -0.3 is 44.4 Å². The van der Waals surface area contributed by atoms with Crippen molar-refractivity contribution in [3.8, 4) is 11.5 Å². The van der Waals surface area contributed by atoms with E-state index >= 15 is 0 Å². The number of aromatic nitrogens is 2. The molecule has 14 heteroatoms. The first-order valence-corrected chi connectivity index (χ1v) is 18.1. The Bertz CT molecular complexity index is 2050. The van der Waals surface area contributed by atoms with Crippen molar-refractivity contribution >= 4 is 34.8 Å². The highest BCUT2D eigenvalue weighted by Gasteiger charge is 2.44. The van der Waals surface area contributed by atoms with Gasteiger partial charge in [-0.2, -0.15) is 0 Å². The molecule has 10 rings (SSSR count). The number of piperidine rings is 6. The van der Waals surface area contributed by atoms with Gasteiger partial charge in [-0.25, -0.2) is 9.59 Å². The third-order valence-electron chi connectivity index (χ3n) is 12.1. The minimum atomic E-state index is -2.26. The number of pyridine rings is 2. The lowest BCUT2D eigenvalue weighted by atomic mass is 9.71. The molecule has 2 unspecified atom stereocenters. The van der Waals surface area contributed by atoms with E-state index in [1.807, 2.05) is 6.20 Å². The predicted molar refractivity (Wildman–Crippen MR) is 188 cm³/mol. The summed E-state index contributed by atoms with van der Waals surface area (Å²) in [5, 5.41) is 24.9. The zero-order valence-corrected chi connectivity index (χ0v) is 29.2. The van der Waals surface area contributed by atoms with E-state index in [0.29, 0.717) is 28.4 Å². The number of hydrogen-bond acceptors (Lipinski definition) is 10. The molecule has 6 aliphatic heterocycles. The van der Waals surface area contributed by atoms with Crippen LogP contribution in [0.4, 0.5) is 0 Å². The number of primary amides is 1. The number of fused-ring (bicyclic) bond motifs is 8. The lowest BCUT2D eigenvalue weighted by Crippen LogP contribution is -2.62. The predicted octanol–water partition coefficient (Wildman–Crippen LogP) is 1.93. The summed E-state index contributed by atoms with van der Waals surface area (Å²) in [4.78, 5) is 56.4. The van der Waals surface area contributed by atoms with Crippen LogP contribution in [-0.4, -0.2) is 109 Å². The highest BCUT2D eigenvalue weighted by Crippen LogP contribution is 2.47. The van der Waals surface area contributed by atoms with Gasteiger partial charge in [0.15, 0.2) is 23.7 Å². The van der Waals surface area contributed by atoms with Gasteiger partial charge in [0.25, 0.3) is 5.91 Å². The van der Waals surface area contributed by atoms with Crippen LogP contribution in [0.3, 0.4) is 0 Å². The summed E-state index contributed by atoms with van der Waals surface area (Å²) < 4.78 is 14.5. The molecule has 6 aliphatic rings. The van der Waals surface area contributed by atoms with Crippen LogP contribution >= 0.6 is 0 Å². The molecule has 0 saturated carbocycles. The maximum Gasteiger partial charge on any atom is 0.343 e. The van der Waals surface area contributed by atoms with Gasteiger partial charge in [-0.05, 0) is 108 Å². The standard InChI is InChI=1S/C38H44N6O8/c1-20-30(22-7-12-41(20)13-8-22)26-19-44-17-24(35(39)47)3-6-28(44)34(26)52-38(50)33(46)32(45)37(49)51-29-11-16-43-18-25(4-5-27(29)43)36(48)40-31-21(2)42-14-9-23(31)10-15-42/h3-6,11,16-23,30-33,45-46H,7-10,12-15H2,1-2H3,(H2,39,47)(H,40,48)/t20-,21-,30+,31-,32?,33?/m0/s1. The third-order valence-corrected chi connectivity index (χ3v) is 12.1. The van der Waals surface area contributed by atoms with Crippen LogP contribution in [0.25, 0.3) is 11.0 Å². The first-order valence-electron chi connectivity index (χ1n) is 18.1. The van der Waals surface area contributed by atoms with Crippen LogP contribution in [0, 0.1) is 11.8 Å². The fraction of sp³-hybridized carbons (Fsp3) is 0.474. The minimum absolute atomic E-state index is 0.00732. The fourth-order valence-corrected chi connectivity index (χ4v) is 9.16. The highest BCUT2D eigenvalue weighted by atomic mass is 16.6. The second-order valence-corrected chi connectivity index (χ2v) is 14.9. The van der Waals surface area contributed by atoms with E-state index in [1.54, 1.807) is 45.6 Å². The first kappa shape index (κ1) is 34.3. The number of rotatable bonds is 9. The molecule has 6 fully saturated rings. The molecule has 2 amide bonds. The van der Waals surface area contributed by atoms with Gasteiger partial charge in [0.1, 0.15) is 0 Å². The molecule has 4 bridgehead atoms. The summed E-state index contributed by atoms with van der Waals surface area (Å²) in [6.45, 7) is 8.37. The summed E-state index contributed by atoms with van der Waals surface area (Å²) in [7, 11) is 0. The molecule has 14 nitrogen and oxygen atoms in total. The third kappa shape index (κ3) is 5.93. The van der Waals surface area contributed by atoms with E-state index in [9.17, 15) is 29.4 Å². The number of aliphatic hydroxyl groups is 2. The number of carbonyl (C=O) groups is 4. The molecule has 6 saturated heterocycles. The Hall–Kier alpha value is -4.76. The number of amides is 2. The van der Waals surface area contributed by atoms with Crippen molar-refractivity contribution in [2.24, 2.45) is 17.6 Å². The quantitative estimate of drug-likeness (QED) is 0.187. The van der Waals surface area contributed by atoms with E-state index in [1.165, 1.54) is 12.1 Å². The number of nitrogens with two attached hydrogens (primary N) is 1. The number of nitrogens with one attached hydrogen (secondary N) is 1. The zero-order chi connectivity index (χ0) is 36.4. The normalized spacial score (nSPS) is 29.2. The molecular weight excluding hydrogens is 668 g/mol. The van der Waals surface area contributed by atoms with E-state index in [0.717, 1.165) is 57.4 Å². The Kier molecular flexibility index (Phi) is 8.80. The molecule has 4 aromatic rings. The Labute approximate surface area is 300 Å². The van der Waals surface area contributed by atoms with Crippen molar-refractivity contribution in [3.05, 3.63) is 71.8 Å². The van der Waals surface area contributed by atoms with Crippen molar-refractivity contribution in [1.82, 2.24) is 23.9 Å². The molecule has 52 heavy (non-hydrogen) atoms. The molecule has 6 atom stereocenters. The van der Waals surface area contributed by atoms with Gasteiger partial charge in [-0.3, -0.25) is 14.5 Å². The van der Waals surface area contributed by atoms with E-state index < -0.39 is 30.1 Å². The van der Waals surface area contributed by atoms with E-state index in [2.05, 4.69) is 29.0 Å². The Morgan fingerprint density at radius 3 is 2.00 bits per heavy atom. The topological polar surface area (TPSA) is 181 Å². The SMILES string of the molecule is C[C@H]1[C@H](NC(=O)c2ccc3c(OC(=O)C(O)C(O)C(=O)Oc4c([C@H]5C6CCN(CC6)[C@H]5C)cn5cc(C(N)=O)ccc45)ccn3c2)C2CCN1CC2. The highest BCUT2D eigenvalue weighted by molar-refractivity contribution is 5.95. The van der Waals surface area contributed by atoms with Crippen molar-refractivity contribution in [2.45, 2.75) is 75.8 Å². The molecule has 0 aliphatic carbocycles. The van der Waals surface area contributed by atoms with Crippen molar-refractivity contribution in [2.75, 3.05) is 26.2 Å².